The first-order valence-corrected chi connectivity index (χ1v) is 10.5. The van der Waals surface area contributed by atoms with Crippen molar-refractivity contribution in [3.63, 3.8) is 0 Å². The van der Waals surface area contributed by atoms with Gasteiger partial charge in [0.05, 0.1) is 12.7 Å². The summed E-state index contributed by atoms with van der Waals surface area (Å²) in [4.78, 5) is 41.0. The molecular formula is C23H33ClN2O5. The van der Waals surface area contributed by atoms with Crippen molar-refractivity contribution in [2.45, 2.75) is 59.1 Å². The molecule has 0 unspecified atom stereocenters. The molecule has 31 heavy (non-hydrogen) atoms. The summed E-state index contributed by atoms with van der Waals surface area (Å²) in [6, 6.07) is 5.53. The monoisotopic (exact) mass is 452 g/mol. The van der Waals surface area contributed by atoms with E-state index in [2.05, 4.69) is 0 Å². The molecule has 1 aromatic carbocycles. The minimum absolute atomic E-state index is 0. The van der Waals surface area contributed by atoms with Crippen LogP contribution >= 0.6 is 12.4 Å². The van der Waals surface area contributed by atoms with Crippen LogP contribution in [-0.2, 0) is 27.2 Å². The zero-order valence-corrected chi connectivity index (χ0v) is 19.8. The van der Waals surface area contributed by atoms with Crippen LogP contribution in [0.15, 0.2) is 18.2 Å². The fourth-order valence-electron chi connectivity index (χ4n) is 4.08. The lowest BCUT2D eigenvalue weighted by Gasteiger charge is -2.42. The molecule has 3 rings (SSSR count). The Morgan fingerprint density at radius 2 is 1.65 bits per heavy atom. The molecule has 0 atom stereocenters. The summed E-state index contributed by atoms with van der Waals surface area (Å²) in [7, 11) is 1.37. The normalized spacial score (nSPS) is 17.8. The predicted octanol–water partition coefficient (Wildman–Crippen LogP) is 3.82. The first kappa shape index (κ1) is 25.0. The third kappa shape index (κ3) is 5.70. The lowest BCUT2D eigenvalue weighted by atomic mass is 9.78. The molecular weight excluding hydrogens is 420 g/mol. The van der Waals surface area contributed by atoms with E-state index in [4.69, 9.17) is 9.47 Å². The molecule has 0 aliphatic carbocycles. The molecule has 8 heteroatoms. The lowest BCUT2D eigenvalue weighted by molar-refractivity contribution is -0.145. The second kappa shape index (κ2) is 9.47. The fourth-order valence-corrected chi connectivity index (χ4v) is 4.08. The number of piperidine rings is 1. The van der Waals surface area contributed by atoms with E-state index in [-0.39, 0.29) is 30.4 Å². The van der Waals surface area contributed by atoms with Crippen molar-refractivity contribution in [3.8, 4) is 0 Å². The molecule has 0 N–H and O–H groups in total. The van der Waals surface area contributed by atoms with Gasteiger partial charge in [0.25, 0.3) is 0 Å². The average molecular weight is 453 g/mol. The maximum Gasteiger partial charge on any atom is 0.410 e. The van der Waals surface area contributed by atoms with E-state index in [0.717, 1.165) is 11.1 Å². The number of amides is 2. The molecule has 2 heterocycles. The molecule has 1 saturated heterocycles. The van der Waals surface area contributed by atoms with Crippen LogP contribution in [0.4, 0.5) is 4.79 Å². The maximum atomic E-state index is 13.3. The SMILES string of the molecule is COC(=O)c1ccc2c(c1)CCN(C(=O)C1(C)CCN(C(=O)OC(C)(C)C)CC1)C2.Cl. The van der Waals surface area contributed by atoms with Gasteiger partial charge in [0, 0.05) is 31.6 Å². The number of carbonyl (C=O) groups excluding carboxylic acids is 3. The molecule has 2 aliphatic rings. The smallest absolute Gasteiger partial charge is 0.410 e. The number of rotatable bonds is 2. The number of fused-ring (bicyclic) bond motifs is 1. The van der Waals surface area contributed by atoms with Gasteiger partial charge in [-0.25, -0.2) is 9.59 Å². The van der Waals surface area contributed by atoms with Crippen molar-refractivity contribution < 1.29 is 23.9 Å². The molecule has 0 bridgehead atoms. The lowest BCUT2D eigenvalue weighted by Crippen LogP contribution is -2.51. The van der Waals surface area contributed by atoms with Crippen LogP contribution in [0.3, 0.4) is 0 Å². The number of hydrogen-bond donors (Lipinski definition) is 0. The summed E-state index contributed by atoms with van der Waals surface area (Å²) in [6.45, 7) is 9.76. The van der Waals surface area contributed by atoms with Crippen molar-refractivity contribution in [2.24, 2.45) is 5.41 Å². The molecule has 2 aliphatic heterocycles. The Hall–Kier alpha value is -2.28. The highest BCUT2D eigenvalue weighted by Crippen LogP contribution is 2.35. The van der Waals surface area contributed by atoms with E-state index < -0.39 is 11.0 Å². The van der Waals surface area contributed by atoms with Gasteiger partial charge in [-0.15, -0.1) is 12.4 Å². The Labute approximate surface area is 190 Å². The Bertz CT molecular complexity index is 841. The minimum Gasteiger partial charge on any atom is -0.465 e. The van der Waals surface area contributed by atoms with Crippen LogP contribution in [0.1, 0.15) is 62.0 Å². The van der Waals surface area contributed by atoms with Crippen LogP contribution in [0.25, 0.3) is 0 Å². The number of halogens is 1. The van der Waals surface area contributed by atoms with Crippen molar-refractivity contribution >= 4 is 30.4 Å². The molecule has 1 aromatic rings. The number of benzene rings is 1. The topological polar surface area (TPSA) is 76.2 Å². The number of hydrogen-bond acceptors (Lipinski definition) is 5. The first-order chi connectivity index (χ1) is 14.0. The standard InChI is InChI=1S/C23H32N2O5.ClH/c1-22(2,3)30-21(28)24-12-9-23(4,10-13-24)20(27)25-11-8-16-14-17(19(26)29-5)6-7-18(16)15-25;/h6-7,14H,8-13,15H2,1-5H3;1H. The quantitative estimate of drug-likeness (QED) is 0.637. The van der Waals surface area contributed by atoms with E-state index in [1.54, 1.807) is 11.0 Å². The third-order valence-electron chi connectivity index (χ3n) is 5.96. The zero-order valence-electron chi connectivity index (χ0n) is 19.0. The van der Waals surface area contributed by atoms with Gasteiger partial charge in [-0.05, 0) is 63.3 Å². The highest BCUT2D eigenvalue weighted by molar-refractivity contribution is 5.89. The Kier molecular flexibility index (Phi) is 7.63. The van der Waals surface area contributed by atoms with Gasteiger partial charge in [0.1, 0.15) is 5.60 Å². The number of carbonyl (C=O) groups is 3. The summed E-state index contributed by atoms with van der Waals surface area (Å²) >= 11 is 0. The highest BCUT2D eigenvalue weighted by Gasteiger charge is 2.41. The summed E-state index contributed by atoms with van der Waals surface area (Å²) in [6.07, 6.45) is 1.64. The predicted molar refractivity (Wildman–Crippen MR) is 119 cm³/mol. The second-order valence-corrected chi connectivity index (χ2v) is 9.48. The van der Waals surface area contributed by atoms with Crippen LogP contribution < -0.4 is 0 Å². The van der Waals surface area contributed by atoms with E-state index >= 15 is 0 Å². The number of nitrogens with zero attached hydrogens (tertiary/aromatic N) is 2. The summed E-state index contributed by atoms with van der Waals surface area (Å²) in [5.74, 6) is -0.213. The first-order valence-electron chi connectivity index (χ1n) is 10.5. The van der Waals surface area contributed by atoms with Gasteiger partial charge in [0.2, 0.25) is 5.91 Å². The van der Waals surface area contributed by atoms with E-state index in [1.807, 2.05) is 44.7 Å². The molecule has 0 aromatic heterocycles. The van der Waals surface area contributed by atoms with Crippen LogP contribution in [0.2, 0.25) is 0 Å². The minimum atomic E-state index is -0.525. The fraction of sp³-hybridized carbons (Fsp3) is 0.609. The Morgan fingerprint density at radius 1 is 1.00 bits per heavy atom. The van der Waals surface area contributed by atoms with Gasteiger partial charge >= 0.3 is 12.1 Å². The average Bonchev–Trinajstić information content (AvgIpc) is 2.71. The third-order valence-corrected chi connectivity index (χ3v) is 5.96. The number of esters is 1. The molecule has 0 spiro atoms. The van der Waals surface area contributed by atoms with Gasteiger partial charge in [0.15, 0.2) is 0 Å². The highest BCUT2D eigenvalue weighted by atomic mass is 35.5. The molecule has 172 valence electrons. The molecule has 1 fully saturated rings. The summed E-state index contributed by atoms with van der Waals surface area (Å²) in [5, 5.41) is 0. The molecule has 2 amide bonds. The van der Waals surface area contributed by atoms with Crippen molar-refractivity contribution in [2.75, 3.05) is 26.7 Å². The Balaban J connectivity index is 0.00000341. The number of ether oxygens (including phenoxy) is 2. The van der Waals surface area contributed by atoms with Gasteiger partial charge in [-0.2, -0.15) is 0 Å². The van der Waals surface area contributed by atoms with Gasteiger partial charge in [-0.3, -0.25) is 4.79 Å². The van der Waals surface area contributed by atoms with E-state index in [9.17, 15) is 14.4 Å². The number of methoxy groups -OCH3 is 1. The zero-order chi connectivity index (χ0) is 22.1. The van der Waals surface area contributed by atoms with Crippen molar-refractivity contribution in [1.82, 2.24) is 9.80 Å². The Morgan fingerprint density at radius 3 is 2.23 bits per heavy atom. The largest absolute Gasteiger partial charge is 0.465 e. The van der Waals surface area contributed by atoms with Crippen LogP contribution in [-0.4, -0.2) is 60.1 Å². The van der Waals surface area contributed by atoms with Crippen molar-refractivity contribution in [1.29, 1.82) is 0 Å². The van der Waals surface area contributed by atoms with Crippen LogP contribution in [0.5, 0.6) is 0 Å². The summed E-state index contributed by atoms with van der Waals surface area (Å²) in [5.41, 5.74) is 1.69. The molecule has 0 saturated carbocycles. The maximum absolute atomic E-state index is 13.3. The second-order valence-electron chi connectivity index (χ2n) is 9.48. The van der Waals surface area contributed by atoms with E-state index in [0.29, 0.717) is 51.0 Å². The van der Waals surface area contributed by atoms with Gasteiger partial charge in [-0.1, -0.05) is 13.0 Å². The number of likely N-dealkylation sites (tertiary alicyclic amines) is 1. The van der Waals surface area contributed by atoms with Gasteiger partial charge < -0.3 is 19.3 Å². The molecule has 0 radical (unpaired) electrons. The van der Waals surface area contributed by atoms with E-state index in [1.165, 1.54) is 7.11 Å². The molecule has 7 nitrogen and oxygen atoms in total. The van der Waals surface area contributed by atoms with Crippen molar-refractivity contribution in [3.05, 3.63) is 34.9 Å². The van der Waals surface area contributed by atoms with Crippen LogP contribution in [0, 0.1) is 5.41 Å². The summed E-state index contributed by atoms with van der Waals surface area (Å²) < 4.78 is 10.2.